The second kappa shape index (κ2) is 8.48. The summed E-state index contributed by atoms with van der Waals surface area (Å²) in [7, 11) is 0. The molecular formula is C20H31N3O2. The molecular weight excluding hydrogens is 314 g/mol. The van der Waals surface area contributed by atoms with Crippen molar-refractivity contribution < 1.29 is 9.59 Å². The van der Waals surface area contributed by atoms with E-state index in [1.165, 1.54) is 0 Å². The topological polar surface area (TPSA) is 75.4 Å². The number of nitrogens with two attached hydrogens (primary N) is 1. The van der Waals surface area contributed by atoms with Crippen molar-refractivity contribution in [3.63, 3.8) is 0 Å². The van der Waals surface area contributed by atoms with Crippen molar-refractivity contribution in [1.82, 2.24) is 10.2 Å². The number of benzene rings is 1. The van der Waals surface area contributed by atoms with Crippen LogP contribution >= 0.6 is 0 Å². The van der Waals surface area contributed by atoms with Gasteiger partial charge in [0.25, 0.3) is 0 Å². The van der Waals surface area contributed by atoms with E-state index < -0.39 is 5.54 Å². The highest BCUT2D eigenvalue weighted by Crippen LogP contribution is 2.24. The van der Waals surface area contributed by atoms with Crippen molar-refractivity contribution in [2.45, 2.75) is 58.0 Å². The standard InChI is InChI=1S/C20H31N3O2/c1-4-9-15(2)22-18(24)16-10-8-13-23(14-16)19(25)20(3,21)17-11-6-5-7-12-17/h5-7,11-12,15-16H,4,8-10,13-14,21H2,1-3H3,(H,22,24). The van der Waals surface area contributed by atoms with Crippen molar-refractivity contribution in [3.05, 3.63) is 35.9 Å². The van der Waals surface area contributed by atoms with Crippen LogP contribution in [-0.4, -0.2) is 35.8 Å². The molecule has 1 aliphatic heterocycles. The van der Waals surface area contributed by atoms with Crippen molar-refractivity contribution in [2.75, 3.05) is 13.1 Å². The molecule has 5 heteroatoms. The summed E-state index contributed by atoms with van der Waals surface area (Å²) in [5.41, 5.74) is 6.08. The molecule has 3 N–H and O–H groups in total. The monoisotopic (exact) mass is 345 g/mol. The van der Waals surface area contributed by atoms with Gasteiger partial charge in [-0.1, -0.05) is 43.7 Å². The van der Waals surface area contributed by atoms with E-state index in [1.54, 1.807) is 11.8 Å². The van der Waals surface area contributed by atoms with Gasteiger partial charge >= 0.3 is 0 Å². The summed E-state index contributed by atoms with van der Waals surface area (Å²) in [4.78, 5) is 27.2. The van der Waals surface area contributed by atoms with Crippen LogP contribution in [-0.2, 0) is 15.1 Å². The van der Waals surface area contributed by atoms with Crippen LogP contribution in [0.15, 0.2) is 30.3 Å². The molecule has 3 atom stereocenters. The van der Waals surface area contributed by atoms with Gasteiger partial charge in [-0.25, -0.2) is 0 Å². The van der Waals surface area contributed by atoms with Gasteiger partial charge < -0.3 is 16.0 Å². The smallest absolute Gasteiger partial charge is 0.246 e. The Morgan fingerprint density at radius 2 is 2.04 bits per heavy atom. The van der Waals surface area contributed by atoms with Crippen LogP contribution in [0.3, 0.4) is 0 Å². The van der Waals surface area contributed by atoms with Crippen LogP contribution in [0.25, 0.3) is 0 Å². The molecule has 0 aliphatic carbocycles. The number of piperidine rings is 1. The van der Waals surface area contributed by atoms with Crippen molar-refractivity contribution in [1.29, 1.82) is 0 Å². The minimum atomic E-state index is -1.07. The number of likely N-dealkylation sites (tertiary alicyclic amines) is 1. The fourth-order valence-electron chi connectivity index (χ4n) is 3.48. The molecule has 2 amide bonds. The van der Waals surface area contributed by atoms with Gasteiger partial charge in [-0.2, -0.15) is 0 Å². The number of carbonyl (C=O) groups is 2. The van der Waals surface area contributed by atoms with Gasteiger partial charge in [-0.3, -0.25) is 9.59 Å². The number of carbonyl (C=O) groups excluding carboxylic acids is 2. The first-order valence-corrected chi connectivity index (χ1v) is 9.30. The summed E-state index contributed by atoms with van der Waals surface area (Å²) in [6, 6.07) is 9.59. The lowest BCUT2D eigenvalue weighted by molar-refractivity contribution is -0.140. The Morgan fingerprint density at radius 1 is 1.36 bits per heavy atom. The lowest BCUT2D eigenvalue weighted by atomic mass is 9.89. The number of amides is 2. The highest BCUT2D eigenvalue weighted by atomic mass is 16.2. The molecule has 138 valence electrons. The van der Waals surface area contributed by atoms with E-state index in [0.717, 1.165) is 31.2 Å². The number of nitrogens with zero attached hydrogens (tertiary/aromatic N) is 1. The molecule has 1 saturated heterocycles. The van der Waals surface area contributed by atoms with E-state index in [4.69, 9.17) is 5.73 Å². The first kappa shape index (κ1) is 19.4. The Hall–Kier alpha value is -1.88. The molecule has 1 aromatic carbocycles. The summed E-state index contributed by atoms with van der Waals surface area (Å²) < 4.78 is 0. The van der Waals surface area contributed by atoms with Crippen LogP contribution in [0.5, 0.6) is 0 Å². The molecule has 1 aromatic rings. The highest BCUT2D eigenvalue weighted by Gasteiger charge is 2.37. The maximum atomic E-state index is 13.0. The van der Waals surface area contributed by atoms with Gasteiger partial charge in [0.1, 0.15) is 5.54 Å². The molecule has 0 bridgehead atoms. The number of nitrogens with one attached hydrogen (secondary N) is 1. The molecule has 1 fully saturated rings. The Labute approximate surface area is 151 Å². The molecule has 25 heavy (non-hydrogen) atoms. The summed E-state index contributed by atoms with van der Waals surface area (Å²) >= 11 is 0. The van der Waals surface area contributed by atoms with Crippen LogP contribution in [0.1, 0.15) is 52.0 Å². The number of hydrogen-bond acceptors (Lipinski definition) is 3. The van der Waals surface area contributed by atoms with E-state index in [9.17, 15) is 9.59 Å². The molecule has 0 spiro atoms. The van der Waals surface area contributed by atoms with Gasteiger partial charge in [0.05, 0.1) is 5.92 Å². The molecule has 1 aliphatic rings. The molecule has 3 unspecified atom stereocenters. The zero-order valence-corrected chi connectivity index (χ0v) is 15.6. The predicted molar refractivity (Wildman–Crippen MR) is 99.8 cm³/mol. The van der Waals surface area contributed by atoms with Gasteiger partial charge in [0.15, 0.2) is 0 Å². The summed E-state index contributed by atoms with van der Waals surface area (Å²) in [5.74, 6) is -0.210. The summed E-state index contributed by atoms with van der Waals surface area (Å²) in [6.45, 7) is 6.99. The molecule has 2 rings (SSSR count). The fraction of sp³-hybridized carbons (Fsp3) is 0.600. The lowest BCUT2D eigenvalue weighted by Crippen LogP contribution is -2.55. The quantitative estimate of drug-likeness (QED) is 0.831. The van der Waals surface area contributed by atoms with E-state index in [-0.39, 0.29) is 23.8 Å². The minimum absolute atomic E-state index is 0.0527. The number of hydrogen-bond donors (Lipinski definition) is 2. The molecule has 0 saturated carbocycles. The van der Waals surface area contributed by atoms with Crippen LogP contribution < -0.4 is 11.1 Å². The second-order valence-electron chi connectivity index (χ2n) is 7.36. The fourth-order valence-corrected chi connectivity index (χ4v) is 3.48. The van der Waals surface area contributed by atoms with E-state index in [2.05, 4.69) is 12.2 Å². The zero-order chi connectivity index (χ0) is 18.4. The van der Waals surface area contributed by atoms with E-state index in [0.29, 0.717) is 13.1 Å². The molecule has 0 radical (unpaired) electrons. The maximum absolute atomic E-state index is 13.0. The van der Waals surface area contributed by atoms with Crippen molar-refractivity contribution in [2.24, 2.45) is 11.7 Å². The second-order valence-corrected chi connectivity index (χ2v) is 7.36. The predicted octanol–water partition coefficient (Wildman–Crippen LogP) is 2.40. The number of rotatable bonds is 6. The maximum Gasteiger partial charge on any atom is 0.246 e. The van der Waals surface area contributed by atoms with Crippen molar-refractivity contribution in [3.8, 4) is 0 Å². The first-order valence-electron chi connectivity index (χ1n) is 9.30. The molecule has 5 nitrogen and oxygen atoms in total. The SMILES string of the molecule is CCCC(C)NC(=O)C1CCCN(C(=O)C(C)(N)c2ccccc2)C1. The largest absolute Gasteiger partial charge is 0.353 e. The zero-order valence-electron chi connectivity index (χ0n) is 15.6. The highest BCUT2D eigenvalue weighted by molar-refractivity contribution is 5.88. The minimum Gasteiger partial charge on any atom is -0.353 e. The Morgan fingerprint density at radius 3 is 2.68 bits per heavy atom. The van der Waals surface area contributed by atoms with Crippen molar-refractivity contribution >= 4 is 11.8 Å². The third kappa shape index (κ3) is 4.82. The summed E-state index contributed by atoms with van der Waals surface area (Å²) in [5, 5.41) is 3.07. The summed E-state index contributed by atoms with van der Waals surface area (Å²) in [6.07, 6.45) is 3.66. The lowest BCUT2D eigenvalue weighted by Gasteiger charge is -2.37. The first-order chi connectivity index (χ1) is 11.9. The van der Waals surface area contributed by atoms with Gasteiger partial charge in [0.2, 0.25) is 11.8 Å². The molecule has 1 heterocycles. The third-order valence-corrected chi connectivity index (χ3v) is 5.01. The Balaban J connectivity index is 2.02. The Bertz CT molecular complexity index is 586. The van der Waals surface area contributed by atoms with E-state index in [1.807, 2.05) is 37.3 Å². The van der Waals surface area contributed by atoms with Gasteiger partial charge in [-0.15, -0.1) is 0 Å². The van der Waals surface area contributed by atoms with Crippen LogP contribution in [0.4, 0.5) is 0 Å². The van der Waals surface area contributed by atoms with Crippen LogP contribution in [0.2, 0.25) is 0 Å². The Kier molecular flexibility index (Phi) is 6.59. The molecule has 0 aromatic heterocycles. The average Bonchev–Trinajstić information content (AvgIpc) is 2.62. The third-order valence-electron chi connectivity index (χ3n) is 5.01. The van der Waals surface area contributed by atoms with Gasteiger partial charge in [-0.05, 0) is 38.7 Å². The average molecular weight is 345 g/mol. The normalized spacial score (nSPS) is 21.3. The van der Waals surface area contributed by atoms with Crippen LogP contribution in [0, 0.1) is 5.92 Å². The van der Waals surface area contributed by atoms with Gasteiger partial charge in [0, 0.05) is 19.1 Å². The van der Waals surface area contributed by atoms with E-state index >= 15 is 0 Å².